The molecule has 1 aromatic carbocycles. The van der Waals surface area contributed by atoms with Gasteiger partial charge in [-0.15, -0.1) is 6.42 Å². The molecule has 0 aliphatic rings. The summed E-state index contributed by atoms with van der Waals surface area (Å²) in [4.78, 5) is 12.5. The molecule has 0 fully saturated rings. The number of nitrogens with zero attached hydrogens (tertiary/aromatic N) is 1. The Morgan fingerprint density at radius 1 is 1.41 bits per heavy atom. The van der Waals surface area contributed by atoms with E-state index in [0.717, 1.165) is 0 Å². The van der Waals surface area contributed by atoms with Crippen molar-refractivity contribution in [1.29, 1.82) is 0 Å². The number of hydrogen-bond donors (Lipinski definition) is 0. The first-order chi connectivity index (χ1) is 10.1. The molecule has 1 unspecified atom stereocenters. The third kappa shape index (κ3) is 5.66. The van der Waals surface area contributed by atoms with E-state index in [9.17, 15) is 18.0 Å². The molecule has 0 aliphatic heterocycles. The lowest BCUT2D eigenvalue weighted by Gasteiger charge is -2.25. The minimum atomic E-state index is -4.55. The van der Waals surface area contributed by atoms with E-state index in [1.54, 1.807) is 0 Å². The van der Waals surface area contributed by atoms with Gasteiger partial charge in [0.05, 0.1) is 16.6 Å². The number of halogens is 5. The van der Waals surface area contributed by atoms with E-state index in [1.165, 1.54) is 25.1 Å². The molecule has 1 aromatic rings. The van der Waals surface area contributed by atoms with Gasteiger partial charge in [-0.2, -0.15) is 13.2 Å². The Hall–Kier alpha value is -1.58. The summed E-state index contributed by atoms with van der Waals surface area (Å²) < 4.78 is 42.6. The van der Waals surface area contributed by atoms with Crippen LogP contribution in [0.4, 0.5) is 13.2 Å². The van der Waals surface area contributed by atoms with Crippen molar-refractivity contribution >= 4 is 29.1 Å². The number of hydrogen-bond acceptors (Lipinski definition) is 2. The number of terminal acetylenes is 1. The van der Waals surface area contributed by atoms with Gasteiger partial charge in [-0.25, -0.2) is 0 Å². The van der Waals surface area contributed by atoms with Gasteiger partial charge in [0.2, 0.25) is 0 Å². The highest BCUT2D eigenvalue weighted by Crippen LogP contribution is 2.27. The molecule has 0 heterocycles. The Labute approximate surface area is 135 Å². The Morgan fingerprint density at radius 3 is 2.55 bits per heavy atom. The van der Waals surface area contributed by atoms with E-state index in [-0.39, 0.29) is 10.8 Å². The maximum absolute atomic E-state index is 12.4. The van der Waals surface area contributed by atoms with Gasteiger partial charge < -0.3 is 9.64 Å². The molecule has 1 amide bonds. The zero-order chi connectivity index (χ0) is 16.9. The molecule has 1 rings (SSSR count). The molecule has 0 spiro atoms. The zero-order valence-corrected chi connectivity index (χ0v) is 13.0. The van der Waals surface area contributed by atoms with Crippen LogP contribution in [-0.4, -0.2) is 36.2 Å². The monoisotopic (exact) mass is 353 g/mol. The van der Waals surface area contributed by atoms with Gasteiger partial charge in [0.15, 0.2) is 6.10 Å². The third-order valence-corrected chi connectivity index (χ3v) is 3.25. The average Bonchev–Trinajstić information content (AvgIpc) is 2.40. The van der Waals surface area contributed by atoms with Crippen molar-refractivity contribution < 1.29 is 22.7 Å². The number of amides is 1. The predicted molar refractivity (Wildman–Crippen MR) is 78.0 cm³/mol. The van der Waals surface area contributed by atoms with Crippen LogP contribution in [0.3, 0.4) is 0 Å². The molecule has 0 saturated heterocycles. The number of rotatable bonds is 5. The molecule has 0 aromatic heterocycles. The Kier molecular flexibility index (Phi) is 6.39. The normalized spacial score (nSPS) is 12.4. The summed E-state index contributed by atoms with van der Waals surface area (Å²) in [6.45, 7) is -0.580. The third-order valence-electron chi connectivity index (χ3n) is 2.52. The summed E-state index contributed by atoms with van der Waals surface area (Å²) in [5.74, 6) is 1.35. The second-order valence-electron chi connectivity index (χ2n) is 4.35. The molecule has 22 heavy (non-hydrogen) atoms. The smallest absolute Gasteiger partial charge is 0.406 e. The van der Waals surface area contributed by atoms with E-state index in [1.807, 2.05) is 5.92 Å². The number of benzene rings is 1. The minimum Gasteiger partial charge on any atom is -0.481 e. The van der Waals surface area contributed by atoms with Crippen molar-refractivity contribution in [1.82, 2.24) is 4.90 Å². The first-order valence-electron chi connectivity index (χ1n) is 6.04. The van der Waals surface area contributed by atoms with Crippen molar-refractivity contribution in [2.75, 3.05) is 13.1 Å². The van der Waals surface area contributed by atoms with Gasteiger partial charge in [0.25, 0.3) is 5.91 Å². The highest BCUT2D eigenvalue weighted by molar-refractivity contribution is 6.42. The summed E-state index contributed by atoms with van der Waals surface area (Å²) >= 11 is 11.5. The number of carbonyl (C=O) groups excluding carboxylic acids is 1. The van der Waals surface area contributed by atoms with E-state index in [4.69, 9.17) is 34.4 Å². The minimum absolute atomic E-state index is 0.203. The highest BCUT2D eigenvalue weighted by Gasteiger charge is 2.34. The lowest BCUT2D eigenvalue weighted by Crippen LogP contribution is -2.45. The Morgan fingerprint density at radius 2 is 2.05 bits per heavy atom. The molecule has 0 saturated carbocycles. The largest absolute Gasteiger partial charge is 0.481 e. The maximum atomic E-state index is 12.4. The van der Waals surface area contributed by atoms with Crippen molar-refractivity contribution in [3.8, 4) is 18.1 Å². The Balaban J connectivity index is 2.80. The molecular weight excluding hydrogens is 342 g/mol. The van der Waals surface area contributed by atoms with Crippen LogP contribution in [0, 0.1) is 12.3 Å². The number of ether oxygens (including phenoxy) is 1. The standard InChI is InChI=1S/C14H12Cl2F3NO2/c1-3-6-20(8-14(17,18)19)13(21)9(2)22-10-4-5-11(15)12(16)7-10/h1,4-5,7,9H,6,8H2,2H3. The second kappa shape index (κ2) is 7.61. The highest BCUT2D eigenvalue weighted by atomic mass is 35.5. The van der Waals surface area contributed by atoms with Crippen molar-refractivity contribution in [3.05, 3.63) is 28.2 Å². The lowest BCUT2D eigenvalue weighted by atomic mass is 10.3. The van der Waals surface area contributed by atoms with Crippen LogP contribution in [0.1, 0.15) is 6.92 Å². The first kappa shape index (κ1) is 18.5. The van der Waals surface area contributed by atoms with Crippen molar-refractivity contribution in [2.45, 2.75) is 19.2 Å². The summed E-state index contributed by atoms with van der Waals surface area (Å²) in [6.07, 6.45) is -0.714. The predicted octanol–water partition coefficient (Wildman–Crippen LogP) is 3.78. The molecule has 3 nitrogen and oxygen atoms in total. The van der Waals surface area contributed by atoms with Gasteiger partial charge in [0, 0.05) is 6.07 Å². The molecule has 0 radical (unpaired) electrons. The van der Waals surface area contributed by atoms with Gasteiger partial charge >= 0.3 is 6.18 Å². The average molecular weight is 354 g/mol. The Bertz CT molecular complexity index is 584. The van der Waals surface area contributed by atoms with Gasteiger partial charge in [-0.05, 0) is 19.1 Å². The van der Waals surface area contributed by atoms with Crippen molar-refractivity contribution in [3.63, 3.8) is 0 Å². The van der Waals surface area contributed by atoms with Gasteiger partial charge in [-0.1, -0.05) is 29.1 Å². The summed E-state index contributed by atoms with van der Waals surface area (Å²) in [5.41, 5.74) is 0. The zero-order valence-electron chi connectivity index (χ0n) is 11.5. The fourth-order valence-electron chi connectivity index (χ4n) is 1.60. The molecule has 0 bridgehead atoms. The van der Waals surface area contributed by atoms with E-state index in [0.29, 0.717) is 9.92 Å². The van der Waals surface area contributed by atoms with Crippen LogP contribution in [0.2, 0.25) is 10.0 Å². The summed E-state index contributed by atoms with van der Waals surface area (Å²) in [7, 11) is 0. The fourth-order valence-corrected chi connectivity index (χ4v) is 1.89. The van der Waals surface area contributed by atoms with Crippen LogP contribution in [-0.2, 0) is 4.79 Å². The van der Waals surface area contributed by atoms with Crippen LogP contribution >= 0.6 is 23.2 Å². The van der Waals surface area contributed by atoms with Crippen LogP contribution < -0.4 is 4.74 Å². The number of carbonyl (C=O) groups is 1. The molecule has 0 N–H and O–H groups in total. The second-order valence-corrected chi connectivity index (χ2v) is 5.16. The van der Waals surface area contributed by atoms with Gasteiger partial charge in [-0.3, -0.25) is 4.79 Å². The van der Waals surface area contributed by atoms with Crippen LogP contribution in [0.15, 0.2) is 18.2 Å². The van der Waals surface area contributed by atoms with E-state index in [2.05, 4.69) is 0 Å². The molecule has 8 heteroatoms. The van der Waals surface area contributed by atoms with E-state index >= 15 is 0 Å². The first-order valence-corrected chi connectivity index (χ1v) is 6.80. The quantitative estimate of drug-likeness (QED) is 0.753. The summed E-state index contributed by atoms with van der Waals surface area (Å²) in [5, 5.41) is 0.494. The SMILES string of the molecule is C#CCN(CC(F)(F)F)C(=O)C(C)Oc1ccc(Cl)c(Cl)c1. The summed E-state index contributed by atoms with van der Waals surface area (Å²) in [6, 6.07) is 4.27. The fraction of sp³-hybridized carbons (Fsp3) is 0.357. The molecular formula is C14H12Cl2F3NO2. The van der Waals surface area contributed by atoms with Gasteiger partial charge in [0.1, 0.15) is 12.3 Å². The molecule has 0 aliphatic carbocycles. The lowest BCUT2D eigenvalue weighted by molar-refractivity contribution is -0.163. The van der Waals surface area contributed by atoms with Crippen LogP contribution in [0.5, 0.6) is 5.75 Å². The number of alkyl halides is 3. The molecule has 1 atom stereocenters. The van der Waals surface area contributed by atoms with Crippen molar-refractivity contribution in [2.24, 2.45) is 0 Å². The topological polar surface area (TPSA) is 29.5 Å². The molecule has 120 valence electrons. The van der Waals surface area contributed by atoms with E-state index < -0.39 is 31.3 Å². The van der Waals surface area contributed by atoms with Crippen LogP contribution in [0.25, 0.3) is 0 Å². The maximum Gasteiger partial charge on any atom is 0.406 e.